The van der Waals surface area contributed by atoms with Crippen molar-refractivity contribution in [3.8, 4) is 0 Å². The summed E-state index contributed by atoms with van der Waals surface area (Å²) in [5.74, 6) is -0.0291. The van der Waals surface area contributed by atoms with Gasteiger partial charge in [-0.3, -0.25) is 4.79 Å². The highest BCUT2D eigenvalue weighted by molar-refractivity contribution is 5.76. The topological polar surface area (TPSA) is 26.3 Å². The normalized spacial score (nSPS) is 11.4. The SMILES string of the molecule is CCCCCC(CC)(CC)C(=O)OC. The van der Waals surface area contributed by atoms with Crippen LogP contribution < -0.4 is 0 Å². The Morgan fingerprint density at radius 1 is 1.14 bits per heavy atom. The number of methoxy groups -OCH3 is 1. The maximum absolute atomic E-state index is 11.7. The largest absolute Gasteiger partial charge is 0.469 e. The lowest BCUT2D eigenvalue weighted by Gasteiger charge is -2.28. The molecule has 0 aliphatic rings. The molecule has 0 heterocycles. The molecular formula is C12H24O2. The Balaban J connectivity index is 4.29. The van der Waals surface area contributed by atoms with E-state index in [0.717, 1.165) is 25.7 Å². The molecule has 0 N–H and O–H groups in total. The first-order valence-electron chi connectivity index (χ1n) is 5.75. The molecule has 14 heavy (non-hydrogen) atoms. The maximum atomic E-state index is 11.7. The molecule has 2 nitrogen and oxygen atoms in total. The van der Waals surface area contributed by atoms with Crippen LogP contribution in [-0.2, 0) is 9.53 Å². The Kier molecular flexibility index (Phi) is 6.60. The molecule has 0 radical (unpaired) electrons. The standard InChI is InChI=1S/C12H24O2/c1-5-8-9-10-12(6-2,7-3)11(13)14-4/h5-10H2,1-4H3. The molecule has 0 spiro atoms. The molecule has 84 valence electrons. The molecule has 0 rings (SSSR count). The molecule has 0 bridgehead atoms. The molecule has 0 atom stereocenters. The smallest absolute Gasteiger partial charge is 0.311 e. The van der Waals surface area contributed by atoms with Gasteiger partial charge in [0.2, 0.25) is 0 Å². The first kappa shape index (κ1) is 13.5. The molecule has 0 aliphatic heterocycles. The first-order valence-corrected chi connectivity index (χ1v) is 5.75. The van der Waals surface area contributed by atoms with Gasteiger partial charge >= 0.3 is 5.97 Å². The van der Waals surface area contributed by atoms with Crippen LogP contribution in [0.2, 0.25) is 0 Å². The molecule has 0 aromatic heterocycles. The summed E-state index contributed by atoms with van der Waals surface area (Å²) in [5.41, 5.74) is -0.218. The summed E-state index contributed by atoms with van der Waals surface area (Å²) >= 11 is 0. The number of rotatable bonds is 7. The lowest BCUT2D eigenvalue weighted by Crippen LogP contribution is -2.31. The Hall–Kier alpha value is -0.530. The van der Waals surface area contributed by atoms with Crippen LogP contribution in [0.5, 0.6) is 0 Å². The third kappa shape index (κ3) is 3.32. The van der Waals surface area contributed by atoms with Gasteiger partial charge in [-0.15, -0.1) is 0 Å². The molecule has 0 fully saturated rings. The second kappa shape index (κ2) is 6.86. The average molecular weight is 200 g/mol. The van der Waals surface area contributed by atoms with E-state index in [1.165, 1.54) is 20.0 Å². The van der Waals surface area contributed by atoms with E-state index < -0.39 is 0 Å². The summed E-state index contributed by atoms with van der Waals surface area (Å²) in [5, 5.41) is 0. The highest BCUT2D eigenvalue weighted by Gasteiger charge is 2.34. The van der Waals surface area contributed by atoms with Gasteiger partial charge in [0.05, 0.1) is 12.5 Å². The van der Waals surface area contributed by atoms with E-state index in [1.54, 1.807) is 0 Å². The van der Waals surface area contributed by atoms with Gasteiger partial charge in [0.25, 0.3) is 0 Å². The third-order valence-electron chi connectivity index (χ3n) is 3.23. The van der Waals surface area contributed by atoms with E-state index >= 15 is 0 Å². The number of esters is 1. The van der Waals surface area contributed by atoms with Crippen molar-refractivity contribution in [2.24, 2.45) is 5.41 Å². The van der Waals surface area contributed by atoms with Crippen molar-refractivity contribution in [1.82, 2.24) is 0 Å². The Morgan fingerprint density at radius 2 is 1.71 bits per heavy atom. The van der Waals surface area contributed by atoms with Crippen molar-refractivity contribution in [2.45, 2.75) is 59.3 Å². The van der Waals surface area contributed by atoms with Crippen LogP contribution in [0.25, 0.3) is 0 Å². The van der Waals surface area contributed by atoms with Crippen LogP contribution >= 0.6 is 0 Å². The summed E-state index contributed by atoms with van der Waals surface area (Å²) in [7, 11) is 1.49. The molecule has 0 aliphatic carbocycles. The van der Waals surface area contributed by atoms with Crippen molar-refractivity contribution >= 4 is 5.97 Å². The molecule has 2 heteroatoms. The Morgan fingerprint density at radius 3 is 2.07 bits per heavy atom. The van der Waals surface area contributed by atoms with E-state index in [0.29, 0.717) is 0 Å². The van der Waals surface area contributed by atoms with Crippen LogP contribution in [0, 0.1) is 5.41 Å². The summed E-state index contributed by atoms with van der Waals surface area (Å²) < 4.78 is 4.89. The molecule has 0 aromatic carbocycles. The van der Waals surface area contributed by atoms with Crippen molar-refractivity contribution in [3.63, 3.8) is 0 Å². The molecule has 0 saturated heterocycles. The van der Waals surface area contributed by atoms with Gasteiger partial charge in [-0.1, -0.05) is 40.0 Å². The fourth-order valence-corrected chi connectivity index (χ4v) is 1.92. The second-order valence-electron chi connectivity index (χ2n) is 3.94. The summed E-state index contributed by atoms with van der Waals surface area (Å²) in [6.45, 7) is 6.33. The van der Waals surface area contributed by atoms with Gasteiger partial charge in [-0.25, -0.2) is 0 Å². The number of carbonyl (C=O) groups is 1. The van der Waals surface area contributed by atoms with Crippen LogP contribution in [0.4, 0.5) is 0 Å². The summed E-state index contributed by atoms with van der Waals surface area (Å²) in [4.78, 5) is 11.7. The summed E-state index contributed by atoms with van der Waals surface area (Å²) in [6.07, 6.45) is 6.29. The van der Waals surface area contributed by atoms with E-state index in [1.807, 2.05) is 0 Å². The minimum Gasteiger partial charge on any atom is -0.469 e. The number of unbranched alkanes of at least 4 members (excludes halogenated alkanes) is 2. The Labute approximate surface area is 88.0 Å². The van der Waals surface area contributed by atoms with E-state index in [2.05, 4.69) is 20.8 Å². The van der Waals surface area contributed by atoms with Crippen molar-refractivity contribution in [2.75, 3.05) is 7.11 Å². The molecule has 0 amide bonds. The van der Waals surface area contributed by atoms with Crippen molar-refractivity contribution in [1.29, 1.82) is 0 Å². The molecule has 0 saturated carbocycles. The number of ether oxygens (including phenoxy) is 1. The van der Waals surface area contributed by atoms with Gasteiger partial charge in [0, 0.05) is 0 Å². The lowest BCUT2D eigenvalue weighted by molar-refractivity contribution is -0.154. The first-order chi connectivity index (χ1) is 6.66. The van der Waals surface area contributed by atoms with Gasteiger partial charge in [-0.05, 0) is 19.3 Å². The zero-order chi connectivity index (χ0) is 11.0. The quantitative estimate of drug-likeness (QED) is 0.464. The fraction of sp³-hybridized carbons (Fsp3) is 0.917. The number of carbonyl (C=O) groups excluding carboxylic acids is 1. The lowest BCUT2D eigenvalue weighted by atomic mass is 9.78. The molecule has 0 aromatic rings. The minimum absolute atomic E-state index is 0.0291. The Bertz CT molecular complexity index is 160. The molecule has 0 unspecified atom stereocenters. The predicted octanol–water partition coefficient (Wildman–Crippen LogP) is 3.55. The van der Waals surface area contributed by atoms with E-state index in [9.17, 15) is 4.79 Å². The van der Waals surface area contributed by atoms with Gasteiger partial charge < -0.3 is 4.74 Å². The van der Waals surface area contributed by atoms with Crippen LogP contribution in [0.3, 0.4) is 0 Å². The third-order valence-corrected chi connectivity index (χ3v) is 3.23. The highest BCUT2D eigenvalue weighted by Crippen LogP contribution is 2.34. The van der Waals surface area contributed by atoms with Crippen LogP contribution in [0.15, 0.2) is 0 Å². The van der Waals surface area contributed by atoms with Gasteiger partial charge in [-0.2, -0.15) is 0 Å². The average Bonchev–Trinajstić information content (AvgIpc) is 2.24. The number of hydrogen-bond donors (Lipinski definition) is 0. The van der Waals surface area contributed by atoms with E-state index in [4.69, 9.17) is 4.74 Å². The highest BCUT2D eigenvalue weighted by atomic mass is 16.5. The zero-order valence-electron chi connectivity index (χ0n) is 10.1. The fourth-order valence-electron chi connectivity index (χ4n) is 1.92. The van der Waals surface area contributed by atoms with Crippen LogP contribution in [0.1, 0.15) is 59.3 Å². The van der Waals surface area contributed by atoms with Crippen LogP contribution in [-0.4, -0.2) is 13.1 Å². The monoisotopic (exact) mass is 200 g/mol. The van der Waals surface area contributed by atoms with Gasteiger partial charge in [0.15, 0.2) is 0 Å². The minimum atomic E-state index is -0.218. The van der Waals surface area contributed by atoms with Crippen molar-refractivity contribution < 1.29 is 9.53 Å². The maximum Gasteiger partial charge on any atom is 0.311 e. The number of hydrogen-bond acceptors (Lipinski definition) is 2. The second-order valence-corrected chi connectivity index (χ2v) is 3.94. The summed E-state index contributed by atoms with van der Waals surface area (Å²) in [6, 6.07) is 0. The molecular weight excluding hydrogens is 176 g/mol. The zero-order valence-corrected chi connectivity index (χ0v) is 10.1. The van der Waals surface area contributed by atoms with E-state index in [-0.39, 0.29) is 11.4 Å². The predicted molar refractivity (Wildman–Crippen MR) is 59.2 cm³/mol. The van der Waals surface area contributed by atoms with Crippen molar-refractivity contribution in [3.05, 3.63) is 0 Å². The van der Waals surface area contributed by atoms with Gasteiger partial charge in [0.1, 0.15) is 0 Å².